The lowest BCUT2D eigenvalue weighted by Gasteiger charge is -2.48. The Labute approximate surface area is 280 Å². The highest BCUT2D eigenvalue weighted by atomic mass is 35.5. The lowest BCUT2D eigenvalue weighted by atomic mass is 10.0. The maximum atomic E-state index is 13.1. The van der Waals surface area contributed by atoms with Gasteiger partial charge >= 0.3 is 5.97 Å². The molecule has 0 bridgehead atoms. The summed E-state index contributed by atoms with van der Waals surface area (Å²) in [4.78, 5) is 58.4. The molecule has 0 aliphatic carbocycles. The number of fused-ring (bicyclic) bond motifs is 2. The minimum atomic E-state index is -1.71. The van der Waals surface area contributed by atoms with Crippen molar-refractivity contribution in [1.29, 1.82) is 0 Å². The van der Waals surface area contributed by atoms with Gasteiger partial charge in [-0.05, 0) is 54.5 Å². The van der Waals surface area contributed by atoms with Gasteiger partial charge in [0.25, 0.3) is 11.5 Å². The van der Waals surface area contributed by atoms with Gasteiger partial charge in [-0.1, -0.05) is 36.2 Å². The van der Waals surface area contributed by atoms with E-state index in [0.29, 0.717) is 45.5 Å². The number of ether oxygens (including phenoxy) is 3. The normalized spacial score (nSPS) is 19.2. The summed E-state index contributed by atoms with van der Waals surface area (Å²) in [5.41, 5.74) is 0.245. The molecule has 2 aliphatic rings. The van der Waals surface area contributed by atoms with Crippen LogP contribution in [0.25, 0.3) is 22.3 Å². The van der Waals surface area contributed by atoms with Crippen molar-refractivity contribution in [1.82, 2.24) is 20.2 Å². The number of carbonyl (C=O) groups excluding carboxylic acids is 2. The van der Waals surface area contributed by atoms with Crippen LogP contribution in [0.2, 0.25) is 10.0 Å². The SMILES string of the molecule is CCCOCCOCC(=O)N[C@@H]1C(=O)N2C(C(=O)O)=C(/C=C/COc3ccc(Cl)cc3-c3nc4ccc(Cl)cc4c(=O)[nH]3)CS(=O)C12. The number of aromatic amines is 1. The van der Waals surface area contributed by atoms with Crippen LogP contribution in [0.5, 0.6) is 5.75 Å². The van der Waals surface area contributed by atoms with Gasteiger partial charge in [-0.2, -0.15) is 0 Å². The second-order valence-corrected chi connectivity index (χ2v) is 12.8. The maximum Gasteiger partial charge on any atom is 0.352 e. The number of H-pyrrole nitrogens is 1. The molecule has 0 radical (unpaired) electrons. The molecule has 2 amide bonds. The van der Waals surface area contributed by atoms with Gasteiger partial charge in [0.1, 0.15) is 41.9 Å². The average Bonchev–Trinajstić information content (AvgIpc) is 3.04. The van der Waals surface area contributed by atoms with Crippen LogP contribution < -0.4 is 15.6 Å². The van der Waals surface area contributed by atoms with E-state index in [9.17, 15) is 28.5 Å². The molecule has 1 aromatic heterocycles. The summed E-state index contributed by atoms with van der Waals surface area (Å²) in [6.07, 6.45) is 3.80. The molecule has 0 spiro atoms. The summed E-state index contributed by atoms with van der Waals surface area (Å²) in [5.74, 6) is -2.29. The van der Waals surface area contributed by atoms with Crippen LogP contribution >= 0.6 is 23.2 Å². The third-order valence-corrected chi connectivity index (χ3v) is 9.23. The zero-order chi connectivity index (χ0) is 33.7. The van der Waals surface area contributed by atoms with Gasteiger partial charge < -0.3 is 29.6 Å². The number of halogens is 2. The summed E-state index contributed by atoms with van der Waals surface area (Å²) in [6.45, 7) is 2.65. The molecule has 5 rings (SSSR count). The number of β-lactam (4-membered cyclic amide) rings is 1. The largest absolute Gasteiger partial charge is 0.489 e. The number of nitrogens with one attached hydrogen (secondary N) is 2. The Morgan fingerprint density at radius 1 is 1.13 bits per heavy atom. The molecule has 47 heavy (non-hydrogen) atoms. The highest BCUT2D eigenvalue weighted by Crippen LogP contribution is 2.35. The first-order chi connectivity index (χ1) is 22.6. The van der Waals surface area contributed by atoms with Crippen LogP contribution in [0.3, 0.4) is 0 Å². The number of hydrogen-bond donors (Lipinski definition) is 3. The molecule has 2 aliphatic heterocycles. The van der Waals surface area contributed by atoms with E-state index in [2.05, 4.69) is 15.3 Å². The van der Waals surface area contributed by atoms with Crippen molar-refractivity contribution in [2.45, 2.75) is 24.8 Å². The third-order valence-electron chi connectivity index (χ3n) is 7.15. The molecule has 0 saturated carbocycles. The van der Waals surface area contributed by atoms with Crippen molar-refractivity contribution in [3.8, 4) is 17.1 Å². The Hall–Kier alpha value is -4.08. The molecule has 1 fully saturated rings. The Bertz CT molecular complexity index is 1860. The van der Waals surface area contributed by atoms with Crippen LogP contribution in [-0.4, -0.2) is 92.2 Å². The van der Waals surface area contributed by atoms with Gasteiger partial charge in [-0.3, -0.25) is 23.5 Å². The topological polar surface area (TPSA) is 177 Å². The first-order valence-electron chi connectivity index (χ1n) is 14.5. The van der Waals surface area contributed by atoms with Crippen LogP contribution in [0, 0.1) is 0 Å². The Balaban J connectivity index is 1.26. The Morgan fingerprint density at radius 3 is 2.64 bits per heavy atom. The summed E-state index contributed by atoms with van der Waals surface area (Å²) in [5, 5.41) is 12.5. The van der Waals surface area contributed by atoms with E-state index >= 15 is 0 Å². The van der Waals surface area contributed by atoms with Crippen molar-refractivity contribution in [3.05, 3.63) is 80.2 Å². The lowest BCUT2D eigenvalue weighted by Crippen LogP contribution is -2.73. The van der Waals surface area contributed by atoms with E-state index in [0.717, 1.165) is 11.3 Å². The number of carboxylic acids is 1. The zero-order valence-corrected chi connectivity index (χ0v) is 27.3. The highest BCUT2D eigenvalue weighted by molar-refractivity contribution is 7.86. The number of carbonyl (C=O) groups is 3. The molecular weight excluding hydrogens is 675 g/mol. The van der Waals surface area contributed by atoms with Crippen molar-refractivity contribution >= 4 is 62.7 Å². The number of allylic oxidation sites excluding steroid dienone is 1. The number of nitrogens with zero attached hydrogens (tertiary/aromatic N) is 2. The van der Waals surface area contributed by atoms with E-state index < -0.39 is 45.6 Å². The van der Waals surface area contributed by atoms with E-state index in [1.165, 1.54) is 18.2 Å². The standard InChI is InChI=1S/C31H30Cl2N4O9S/c1-2-9-44-11-12-45-15-24(38)35-25-29(40)37-26(31(41)42)17(16-47(43)30(25)37)4-3-10-46-23-8-6-19(33)14-21(23)27-34-22-7-5-18(32)13-20(22)28(39)36-27/h3-8,13-14,25,30H,2,9-12,15-16H2,1H3,(H,35,38)(H,41,42)(H,34,36,39)/b4-3+/t25-,30?,47?/m1/s1. The number of aromatic nitrogens is 2. The first kappa shape index (κ1) is 34.3. The van der Waals surface area contributed by atoms with E-state index in [1.54, 1.807) is 30.3 Å². The van der Waals surface area contributed by atoms with E-state index in [1.807, 2.05) is 6.92 Å². The highest BCUT2D eigenvalue weighted by Gasteiger charge is 2.56. The van der Waals surface area contributed by atoms with Gasteiger partial charge in [0.05, 0.1) is 46.2 Å². The van der Waals surface area contributed by atoms with E-state index in [4.69, 9.17) is 37.4 Å². The summed E-state index contributed by atoms with van der Waals surface area (Å²) >= 11 is 12.2. The van der Waals surface area contributed by atoms with Gasteiger partial charge in [-0.15, -0.1) is 0 Å². The average molecular weight is 706 g/mol. The minimum Gasteiger partial charge on any atom is -0.489 e. The molecule has 3 atom stereocenters. The van der Waals surface area contributed by atoms with Crippen LogP contribution in [0.1, 0.15) is 13.3 Å². The molecule has 2 aromatic carbocycles. The molecule has 16 heteroatoms. The van der Waals surface area contributed by atoms with Gasteiger partial charge in [0.2, 0.25) is 5.91 Å². The second-order valence-electron chi connectivity index (χ2n) is 10.4. The first-order valence-corrected chi connectivity index (χ1v) is 16.6. The number of benzene rings is 2. The predicted molar refractivity (Wildman–Crippen MR) is 175 cm³/mol. The summed E-state index contributed by atoms with van der Waals surface area (Å²) in [6, 6.07) is 8.38. The maximum absolute atomic E-state index is 13.1. The molecule has 3 aromatic rings. The third kappa shape index (κ3) is 7.74. The monoisotopic (exact) mass is 704 g/mol. The number of carboxylic acid groups (broad SMARTS) is 1. The number of aliphatic carboxylic acids is 1. The number of rotatable bonds is 14. The molecule has 13 nitrogen and oxygen atoms in total. The summed E-state index contributed by atoms with van der Waals surface area (Å²) < 4.78 is 29.6. The number of hydrogen-bond acceptors (Lipinski definition) is 9. The Morgan fingerprint density at radius 2 is 1.87 bits per heavy atom. The fourth-order valence-corrected chi connectivity index (χ4v) is 7.04. The molecule has 3 N–H and O–H groups in total. The molecule has 1 saturated heterocycles. The van der Waals surface area contributed by atoms with Crippen LogP contribution in [0.15, 0.2) is 64.6 Å². The van der Waals surface area contributed by atoms with E-state index in [-0.39, 0.29) is 42.7 Å². The fraction of sp³-hybridized carbons (Fsp3) is 0.323. The van der Waals surface area contributed by atoms with Crippen LogP contribution in [0.4, 0.5) is 0 Å². The minimum absolute atomic E-state index is 0.0649. The van der Waals surface area contributed by atoms with Crippen molar-refractivity contribution in [2.75, 3.05) is 38.8 Å². The van der Waals surface area contributed by atoms with Gasteiger partial charge in [0.15, 0.2) is 0 Å². The quantitative estimate of drug-likeness (QED) is 0.167. The second kappa shape index (κ2) is 15.2. The van der Waals surface area contributed by atoms with Crippen LogP contribution in [-0.2, 0) is 34.7 Å². The predicted octanol–water partition coefficient (Wildman–Crippen LogP) is 3.03. The molecule has 3 heterocycles. The summed E-state index contributed by atoms with van der Waals surface area (Å²) in [7, 11) is -1.71. The van der Waals surface area contributed by atoms with Crippen molar-refractivity contribution < 1.29 is 37.9 Å². The van der Waals surface area contributed by atoms with Gasteiger partial charge in [-0.25, -0.2) is 9.78 Å². The Kier molecular flexibility index (Phi) is 11.1. The number of amides is 2. The van der Waals surface area contributed by atoms with Gasteiger partial charge in [0, 0.05) is 16.7 Å². The zero-order valence-electron chi connectivity index (χ0n) is 25.0. The van der Waals surface area contributed by atoms with Crippen molar-refractivity contribution in [3.63, 3.8) is 0 Å². The van der Waals surface area contributed by atoms with Crippen molar-refractivity contribution in [2.24, 2.45) is 0 Å². The molecule has 2 unspecified atom stereocenters. The fourth-order valence-electron chi connectivity index (χ4n) is 5.06. The lowest BCUT2D eigenvalue weighted by molar-refractivity contribution is -0.151. The molecule has 248 valence electrons. The molecular formula is C31H30Cl2N4O9S. The smallest absolute Gasteiger partial charge is 0.352 e.